The van der Waals surface area contributed by atoms with Gasteiger partial charge in [-0.2, -0.15) is 0 Å². The van der Waals surface area contributed by atoms with Crippen molar-refractivity contribution in [1.82, 2.24) is 4.90 Å². The van der Waals surface area contributed by atoms with Crippen LogP contribution in [-0.2, 0) is 6.54 Å². The molecule has 0 spiro atoms. The predicted octanol–water partition coefficient (Wildman–Crippen LogP) is 4.71. The van der Waals surface area contributed by atoms with Crippen molar-refractivity contribution in [2.75, 3.05) is 25.5 Å². The number of anilines is 1. The maximum absolute atomic E-state index is 10.4. The van der Waals surface area contributed by atoms with E-state index in [9.17, 15) is 5.11 Å². The first-order chi connectivity index (χ1) is 14.5. The highest BCUT2D eigenvalue weighted by molar-refractivity contribution is 5.68. The average molecular weight is 397 g/mol. The average Bonchev–Trinajstić information content (AvgIpc) is 3.15. The van der Waals surface area contributed by atoms with Gasteiger partial charge in [0.2, 0.25) is 0 Å². The van der Waals surface area contributed by atoms with Crippen LogP contribution in [0.3, 0.4) is 0 Å². The fourth-order valence-corrected chi connectivity index (χ4v) is 4.33. The second kappa shape index (κ2) is 8.75. The number of aliphatic hydroxyl groups is 1. The van der Waals surface area contributed by atoms with Gasteiger partial charge in [0.25, 0.3) is 0 Å². The summed E-state index contributed by atoms with van der Waals surface area (Å²) in [5.41, 5.74) is 7.00. The van der Waals surface area contributed by atoms with Gasteiger partial charge < -0.3 is 14.9 Å². The minimum absolute atomic E-state index is 0.155. The molecule has 1 aliphatic heterocycles. The Morgan fingerprint density at radius 3 is 2.37 bits per heavy atom. The molecule has 0 radical (unpaired) electrons. The first-order valence-corrected chi connectivity index (χ1v) is 10.4. The van der Waals surface area contributed by atoms with Crippen molar-refractivity contribution in [2.45, 2.75) is 25.1 Å². The summed E-state index contributed by atoms with van der Waals surface area (Å²) in [6.45, 7) is 1.54. The topological polar surface area (TPSA) is 26.7 Å². The third-order valence-corrected chi connectivity index (χ3v) is 5.76. The molecule has 1 N–H and O–H groups in total. The molecule has 3 nitrogen and oxygen atoms in total. The van der Waals surface area contributed by atoms with E-state index in [1.807, 2.05) is 24.3 Å². The van der Waals surface area contributed by atoms with Crippen molar-refractivity contribution in [1.29, 1.82) is 0 Å². The Kier molecular flexibility index (Phi) is 5.90. The Morgan fingerprint density at radius 1 is 1.00 bits per heavy atom. The second-order valence-electron chi connectivity index (χ2n) is 8.27. The molecule has 1 fully saturated rings. The maximum atomic E-state index is 10.4. The Bertz CT molecular complexity index is 1030. The number of hydrogen-bond acceptors (Lipinski definition) is 3. The highest BCUT2D eigenvalue weighted by Gasteiger charge is 2.32. The molecule has 2 atom stereocenters. The lowest BCUT2D eigenvalue weighted by atomic mass is 9.96. The third-order valence-electron chi connectivity index (χ3n) is 5.76. The highest BCUT2D eigenvalue weighted by Crippen LogP contribution is 2.37. The van der Waals surface area contributed by atoms with Gasteiger partial charge in [0, 0.05) is 24.3 Å². The summed E-state index contributed by atoms with van der Waals surface area (Å²) < 4.78 is 0. The molecule has 4 rings (SSSR count). The van der Waals surface area contributed by atoms with Crippen molar-refractivity contribution >= 4 is 5.69 Å². The van der Waals surface area contributed by atoms with Crippen molar-refractivity contribution in [3.05, 3.63) is 89.5 Å². The number of β-amino-alcohol motifs (C(OH)–C–C–N with tert-alkyl or cyclic N) is 1. The SMILES string of the molecule is C#Cc1ccc(N2C[C@H](O)C[C@@H]2c2ccc(-c3ccccc3CN(C)C)cc2)cc1. The molecular formula is C27H28N2O. The highest BCUT2D eigenvalue weighted by atomic mass is 16.3. The number of benzene rings is 3. The fraction of sp³-hybridized carbons (Fsp3) is 0.259. The van der Waals surface area contributed by atoms with E-state index in [-0.39, 0.29) is 12.1 Å². The largest absolute Gasteiger partial charge is 0.391 e. The first kappa shape index (κ1) is 20.2. The maximum Gasteiger partial charge on any atom is 0.0738 e. The Labute approximate surface area is 179 Å². The molecule has 0 bridgehead atoms. The van der Waals surface area contributed by atoms with Gasteiger partial charge in [0.05, 0.1) is 12.1 Å². The van der Waals surface area contributed by atoms with Crippen LogP contribution in [0.2, 0.25) is 0 Å². The number of aliphatic hydroxyl groups excluding tert-OH is 1. The van der Waals surface area contributed by atoms with Gasteiger partial charge in [0.15, 0.2) is 0 Å². The van der Waals surface area contributed by atoms with Gasteiger partial charge in [-0.3, -0.25) is 0 Å². The standard InChI is InChI=1S/C27H28N2O/c1-4-20-9-15-24(16-10-20)29-19-25(30)17-27(29)22-13-11-21(12-14-22)26-8-6-5-7-23(26)18-28(2)3/h1,5-16,25,27,30H,17-19H2,2-3H3/t25-,27-/m1/s1. The number of terminal acetylenes is 1. The minimum atomic E-state index is -0.331. The molecule has 0 saturated carbocycles. The second-order valence-corrected chi connectivity index (χ2v) is 8.27. The normalized spacial score (nSPS) is 18.6. The summed E-state index contributed by atoms with van der Waals surface area (Å²) in [5, 5.41) is 10.4. The summed E-state index contributed by atoms with van der Waals surface area (Å²) in [4.78, 5) is 4.47. The van der Waals surface area contributed by atoms with Crippen LogP contribution in [0.1, 0.15) is 29.2 Å². The first-order valence-electron chi connectivity index (χ1n) is 10.4. The van der Waals surface area contributed by atoms with E-state index in [0.29, 0.717) is 6.54 Å². The predicted molar refractivity (Wildman–Crippen MR) is 124 cm³/mol. The van der Waals surface area contributed by atoms with E-state index >= 15 is 0 Å². The Morgan fingerprint density at radius 2 is 1.70 bits per heavy atom. The van der Waals surface area contributed by atoms with E-state index in [1.165, 1.54) is 22.3 Å². The molecule has 152 valence electrons. The third kappa shape index (κ3) is 4.26. The van der Waals surface area contributed by atoms with E-state index in [2.05, 4.69) is 78.3 Å². The van der Waals surface area contributed by atoms with Gasteiger partial charge in [-0.05, 0) is 67.0 Å². The van der Waals surface area contributed by atoms with Gasteiger partial charge in [0.1, 0.15) is 0 Å². The monoisotopic (exact) mass is 396 g/mol. The molecule has 3 aromatic carbocycles. The van der Waals surface area contributed by atoms with Gasteiger partial charge in [-0.1, -0.05) is 54.5 Å². The molecule has 0 aromatic heterocycles. The lowest BCUT2D eigenvalue weighted by Crippen LogP contribution is -2.24. The lowest BCUT2D eigenvalue weighted by Gasteiger charge is -2.27. The van der Waals surface area contributed by atoms with Crippen molar-refractivity contribution in [3.63, 3.8) is 0 Å². The van der Waals surface area contributed by atoms with Gasteiger partial charge in [-0.25, -0.2) is 0 Å². The van der Waals surface area contributed by atoms with Crippen LogP contribution >= 0.6 is 0 Å². The van der Waals surface area contributed by atoms with Crippen LogP contribution < -0.4 is 4.90 Å². The Balaban J connectivity index is 1.61. The van der Waals surface area contributed by atoms with Crippen LogP contribution in [0.4, 0.5) is 5.69 Å². The molecule has 0 aliphatic carbocycles. The molecule has 1 aliphatic rings. The molecule has 1 saturated heterocycles. The molecular weight excluding hydrogens is 368 g/mol. The number of nitrogens with zero attached hydrogens (tertiary/aromatic N) is 2. The zero-order chi connectivity index (χ0) is 21.1. The van der Waals surface area contributed by atoms with E-state index < -0.39 is 0 Å². The van der Waals surface area contributed by atoms with Crippen LogP contribution in [0, 0.1) is 12.3 Å². The molecule has 3 aromatic rings. The molecule has 1 heterocycles. The van der Waals surface area contributed by atoms with Crippen LogP contribution in [0.25, 0.3) is 11.1 Å². The Hall–Kier alpha value is -3.06. The zero-order valence-electron chi connectivity index (χ0n) is 17.6. The summed E-state index contributed by atoms with van der Waals surface area (Å²) >= 11 is 0. The number of hydrogen-bond donors (Lipinski definition) is 1. The van der Waals surface area contributed by atoms with Crippen molar-refractivity contribution in [2.24, 2.45) is 0 Å². The minimum Gasteiger partial charge on any atom is -0.391 e. The fourth-order valence-electron chi connectivity index (χ4n) is 4.33. The summed E-state index contributed by atoms with van der Waals surface area (Å²) in [7, 11) is 4.19. The quantitative estimate of drug-likeness (QED) is 0.633. The zero-order valence-corrected chi connectivity index (χ0v) is 17.6. The van der Waals surface area contributed by atoms with Crippen molar-refractivity contribution < 1.29 is 5.11 Å². The van der Waals surface area contributed by atoms with E-state index in [1.54, 1.807) is 0 Å². The van der Waals surface area contributed by atoms with Gasteiger partial charge in [-0.15, -0.1) is 6.42 Å². The molecule has 30 heavy (non-hydrogen) atoms. The molecule has 0 unspecified atom stereocenters. The van der Waals surface area contributed by atoms with Crippen LogP contribution in [-0.4, -0.2) is 36.8 Å². The lowest BCUT2D eigenvalue weighted by molar-refractivity contribution is 0.194. The molecule has 3 heteroatoms. The van der Waals surface area contributed by atoms with Crippen LogP contribution in [0.5, 0.6) is 0 Å². The smallest absolute Gasteiger partial charge is 0.0738 e. The van der Waals surface area contributed by atoms with E-state index in [4.69, 9.17) is 6.42 Å². The van der Waals surface area contributed by atoms with Crippen LogP contribution in [0.15, 0.2) is 72.8 Å². The summed E-state index contributed by atoms with van der Waals surface area (Å²) in [6, 6.07) is 25.6. The van der Waals surface area contributed by atoms with E-state index in [0.717, 1.165) is 24.2 Å². The van der Waals surface area contributed by atoms with Crippen molar-refractivity contribution in [3.8, 4) is 23.5 Å². The van der Waals surface area contributed by atoms with Gasteiger partial charge >= 0.3 is 0 Å². The summed E-state index contributed by atoms with van der Waals surface area (Å²) in [5.74, 6) is 2.66. The number of rotatable bonds is 5. The summed E-state index contributed by atoms with van der Waals surface area (Å²) in [6.07, 6.45) is 5.89. The molecule has 0 amide bonds.